The third-order valence-corrected chi connectivity index (χ3v) is 6.05. The van der Waals surface area contributed by atoms with E-state index in [0.29, 0.717) is 47.3 Å². The van der Waals surface area contributed by atoms with Crippen molar-refractivity contribution in [2.45, 2.75) is 12.5 Å². The average Bonchev–Trinajstić information content (AvgIpc) is 2.90. The van der Waals surface area contributed by atoms with Gasteiger partial charge in [0.1, 0.15) is 12.4 Å². The van der Waals surface area contributed by atoms with Gasteiger partial charge in [-0.15, -0.1) is 0 Å². The lowest BCUT2D eigenvalue weighted by molar-refractivity contribution is 0.0587. The van der Waals surface area contributed by atoms with E-state index < -0.39 is 0 Å². The molecule has 1 aliphatic heterocycles. The molecule has 178 valence electrons. The van der Waals surface area contributed by atoms with Crippen LogP contribution >= 0.6 is 0 Å². The fourth-order valence-corrected chi connectivity index (χ4v) is 4.28. The standard InChI is InChI=1S/C27H29NO6/c1-30-20-9-7-8-19(14-20)27(29)28-13-12-18-15-25(32-3)26(33-4)16-21(18)22(28)17-34-24-11-6-5-10-23(24)31-2/h5-11,14-16,22H,12-13,17H2,1-4H3/t22-/m1/s1. The van der Waals surface area contributed by atoms with E-state index in [1.807, 2.05) is 53.4 Å². The van der Waals surface area contributed by atoms with E-state index in [1.165, 1.54) is 0 Å². The molecular formula is C27H29NO6. The Kier molecular flexibility index (Phi) is 7.11. The fourth-order valence-electron chi connectivity index (χ4n) is 4.28. The fraction of sp³-hybridized carbons (Fsp3) is 0.296. The predicted octanol–water partition coefficient (Wildman–Crippen LogP) is 4.54. The molecule has 0 bridgehead atoms. The van der Waals surface area contributed by atoms with Crippen LogP contribution in [0.5, 0.6) is 28.7 Å². The first-order valence-electron chi connectivity index (χ1n) is 11.0. The highest BCUT2D eigenvalue weighted by atomic mass is 16.5. The number of fused-ring (bicyclic) bond motifs is 1. The van der Waals surface area contributed by atoms with Crippen LogP contribution in [-0.4, -0.2) is 52.4 Å². The molecule has 3 aromatic rings. The smallest absolute Gasteiger partial charge is 0.254 e. The van der Waals surface area contributed by atoms with Crippen molar-refractivity contribution >= 4 is 5.91 Å². The van der Waals surface area contributed by atoms with Gasteiger partial charge in [-0.2, -0.15) is 0 Å². The topological polar surface area (TPSA) is 66.5 Å². The van der Waals surface area contributed by atoms with Crippen LogP contribution in [-0.2, 0) is 6.42 Å². The predicted molar refractivity (Wildman–Crippen MR) is 129 cm³/mol. The van der Waals surface area contributed by atoms with Crippen LogP contribution in [0.25, 0.3) is 0 Å². The molecule has 1 aliphatic rings. The Morgan fingerprint density at radius 3 is 2.24 bits per heavy atom. The summed E-state index contributed by atoms with van der Waals surface area (Å²) >= 11 is 0. The van der Waals surface area contributed by atoms with Gasteiger partial charge < -0.3 is 28.6 Å². The molecule has 7 nitrogen and oxygen atoms in total. The Balaban J connectivity index is 1.72. The van der Waals surface area contributed by atoms with Crippen molar-refractivity contribution < 1.29 is 28.5 Å². The van der Waals surface area contributed by atoms with Crippen LogP contribution < -0.4 is 23.7 Å². The monoisotopic (exact) mass is 463 g/mol. The van der Waals surface area contributed by atoms with Crippen molar-refractivity contribution in [2.24, 2.45) is 0 Å². The van der Waals surface area contributed by atoms with Crippen LogP contribution in [0.4, 0.5) is 0 Å². The van der Waals surface area contributed by atoms with Gasteiger partial charge in [0.25, 0.3) is 5.91 Å². The Hall–Kier alpha value is -3.87. The molecule has 0 N–H and O–H groups in total. The van der Waals surface area contributed by atoms with Gasteiger partial charge in [0.2, 0.25) is 0 Å². The molecule has 4 rings (SSSR count). The maximum atomic E-state index is 13.6. The zero-order valence-corrected chi connectivity index (χ0v) is 19.9. The lowest BCUT2D eigenvalue weighted by Crippen LogP contribution is -2.42. The van der Waals surface area contributed by atoms with Crippen LogP contribution in [0, 0.1) is 0 Å². The first-order chi connectivity index (χ1) is 16.6. The maximum Gasteiger partial charge on any atom is 0.254 e. The number of ether oxygens (including phenoxy) is 5. The van der Waals surface area contributed by atoms with Crippen molar-refractivity contribution in [1.29, 1.82) is 0 Å². The quantitative estimate of drug-likeness (QED) is 0.489. The third kappa shape index (κ3) is 4.59. The summed E-state index contributed by atoms with van der Waals surface area (Å²) in [5.74, 6) is 3.07. The molecular weight excluding hydrogens is 434 g/mol. The summed E-state index contributed by atoms with van der Waals surface area (Å²) in [6, 6.07) is 18.2. The molecule has 0 saturated carbocycles. The molecule has 0 aromatic heterocycles. The van der Waals surface area contributed by atoms with Crippen molar-refractivity contribution in [1.82, 2.24) is 4.90 Å². The second-order valence-corrected chi connectivity index (χ2v) is 7.86. The summed E-state index contributed by atoms with van der Waals surface area (Å²) in [6.45, 7) is 0.789. The summed E-state index contributed by atoms with van der Waals surface area (Å²) in [5, 5.41) is 0. The second-order valence-electron chi connectivity index (χ2n) is 7.86. The lowest BCUT2D eigenvalue weighted by Gasteiger charge is -2.37. The molecule has 0 unspecified atom stereocenters. The van der Waals surface area contributed by atoms with E-state index in [2.05, 4.69) is 0 Å². The van der Waals surface area contributed by atoms with Gasteiger partial charge in [-0.3, -0.25) is 4.79 Å². The molecule has 1 atom stereocenters. The Morgan fingerprint density at radius 2 is 1.53 bits per heavy atom. The van der Waals surface area contributed by atoms with Gasteiger partial charge in [-0.05, 0) is 60.0 Å². The van der Waals surface area contributed by atoms with Gasteiger partial charge in [-0.1, -0.05) is 18.2 Å². The van der Waals surface area contributed by atoms with E-state index in [4.69, 9.17) is 23.7 Å². The minimum atomic E-state index is -0.341. The highest BCUT2D eigenvalue weighted by Crippen LogP contribution is 2.39. The number of carbonyl (C=O) groups excluding carboxylic acids is 1. The van der Waals surface area contributed by atoms with Crippen LogP contribution in [0.15, 0.2) is 60.7 Å². The second kappa shape index (κ2) is 10.4. The molecule has 7 heteroatoms. The van der Waals surface area contributed by atoms with Gasteiger partial charge >= 0.3 is 0 Å². The summed E-state index contributed by atoms with van der Waals surface area (Å²) in [7, 11) is 6.42. The van der Waals surface area contributed by atoms with E-state index in [9.17, 15) is 4.79 Å². The SMILES string of the molecule is COc1cccc(C(=O)N2CCc3cc(OC)c(OC)cc3[C@H]2COc2ccccc2OC)c1. The van der Waals surface area contributed by atoms with Crippen LogP contribution in [0.1, 0.15) is 27.5 Å². The summed E-state index contributed by atoms with van der Waals surface area (Å²) in [4.78, 5) is 15.5. The Labute approximate surface area is 199 Å². The summed E-state index contributed by atoms with van der Waals surface area (Å²) < 4.78 is 28.0. The highest BCUT2D eigenvalue weighted by Gasteiger charge is 2.33. The van der Waals surface area contributed by atoms with Crippen LogP contribution in [0.2, 0.25) is 0 Å². The van der Waals surface area contributed by atoms with E-state index in [0.717, 1.165) is 11.1 Å². The van der Waals surface area contributed by atoms with Crippen molar-refractivity contribution in [3.05, 3.63) is 77.4 Å². The molecule has 0 aliphatic carbocycles. The van der Waals surface area contributed by atoms with E-state index >= 15 is 0 Å². The van der Waals surface area contributed by atoms with Crippen molar-refractivity contribution in [2.75, 3.05) is 41.6 Å². The normalized spacial score (nSPS) is 14.7. The molecule has 1 amide bonds. The number of hydrogen-bond donors (Lipinski definition) is 0. The van der Waals surface area contributed by atoms with Crippen LogP contribution in [0.3, 0.4) is 0 Å². The number of carbonyl (C=O) groups is 1. The van der Waals surface area contributed by atoms with Crippen molar-refractivity contribution in [3.8, 4) is 28.7 Å². The number of hydrogen-bond acceptors (Lipinski definition) is 6. The first kappa shape index (κ1) is 23.3. The Morgan fingerprint density at radius 1 is 0.824 bits per heavy atom. The Bertz CT molecular complexity index is 1160. The zero-order valence-electron chi connectivity index (χ0n) is 19.9. The molecule has 1 heterocycles. The number of benzene rings is 3. The molecule has 34 heavy (non-hydrogen) atoms. The minimum absolute atomic E-state index is 0.0899. The van der Waals surface area contributed by atoms with Gasteiger partial charge in [0, 0.05) is 12.1 Å². The van der Waals surface area contributed by atoms with Gasteiger partial charge in [0.15, 0.2) is 23.0 Å². The van der Waals surface area contributed by atoms with Gasteiger partial charge in [0.05, 0.1) is 34.5 Å². The van der Waals surface area contributed by atoms with Crippen molar-refractivity contribution in [3.63, 3.8) is 0 Å². The molecule has 0 saturated heterocycles. The number of nitrogens with zero attached hydrogens (tertiary/aromatic N) is 1. The summed E-state index contributed by atoms with van der Waals surface area (Å²) in [6.07, 6.45) is 0.691. The first-order valence-corrected chi connectivity index (χ1v) is 11.0. The van der Waals surface area contributed by atoms with E-state index in [-0.39, 0.29) is 18.6 Å². The highest BCUT2D eigenvalue weighted by molar-refractivity contribution is 5.95. The average molecular weight is 464 g/mol. The molecule has 0 fully saturated rings. The largest absolute Gasteiger partial charge is 0.497 e. The minimum Gasteiger partial charge on any atom is -0.497 e. The number of amides is 1. The molecule has 3 aromatic carbocycles. The zero-order chi connectivity index (χ0) is 24.1. The van der Waals surface area contributed by atoms with E-state index in [1.54, 1.807) is 40.6 Å². The molecule has 0 spiro atoms. The summed E-state index contributed by atoms with van der Waals surface area (Å²) in [5.41, 5.74) is 2.63. The lowest BCUT2D eigenvalue weighted by atomic mass is 9.91. The number of rotatable bonds is 8. The van der Waals surface area contributed by atoms with Gasteiger partial charge in [-0.25, -0.2) is 0 Å². The number of para-hydroxylation sites is 2. The maximum absolute atomic E-state index is 13.6. The third-order valence-electron chi connectivity index (χ3n) is 6.05. The number of methoxy groups -OCH3 is 4. The molecule has 0 radical (unpaired) electrons.